The molecule has 0 saturated carbocycles. The summed E-state index contributed by atoms with van der Waals surface area (Å²) in [5, 5.41) is 0. The molecule has 0 aliphatic carbocycles. The molecule has 1 rings (SSSR count). The van der Waals surface area contributed by atoms with Crippen LogP contribution in [0.15, 0.2) is 18.5 Å². The summed E-state index contributed by atoms with van der Waals surface area (Å²) < 4.78 is 27.6. The average Bonchev–Trinajstić information content (AvgIpc) is 2.28. The highest BCUT2D eigenvalue weighted by molar-refractivity contribution is 7.90. The summed E-state index contributed by atoms with van der Waals surface area (Å²) in [6.07, 6.45) is 3.79. The first-order valence-corrected chi connectivity index (χ1v) is 6.76. The number of aryl methyl sites for hydroxylation is 1. The van der Waals surface area contributed by atoms with Gasteiger partial charge in [-0.2, -0.15) is 12.7 Å². The largest absolute Gasteiger partial charge is 0.330 e. The Bertz CT molecular complexity index is 461. The van der Waals surface area contributed by atoms with E-state index >= 15 is 0 Å². The zero-order chi connectivity index (χ0) is 12.9. The lowest BCUT2D eigenvalue weighted by molar-refractivity contribution is 0.468. The highest BCUT2D eigenvalue weighted by atomic mass is 32.2. The molecule has 0 fully saturated rings. The summed E-state index contributed by atoms with van der Waals surface area (Å²) in [7, 11) is -1.99. The number of aromatic nitrogens is 1. The smallest absolute Gasteiger partial charge is 0.301 e. The second-order valence-corrected chi connectivity index (χ2v) is 5.54. The van der Waals surface area contributed by atoms with E-state index in [-0.39, 0.29) is 0 Å². The molecular weight excluding hydrogens is 240 g/mol. The van der Waals surface area contributed by atoms with E-state index in [0.29, 0.717) is 25.2 Å². The summed E-state index contributed by atoms with van der Waals surface area (Å²) in [5.41, 5.74) is 6.67. The molecule has 0 aliphatic heterocycles. The van der Waals surface area contributed by atoms with Crippen LogP contribution in [0.25, 0.3) is 0 Å². The number of nitrogens with zero attached hydrogens (tertiary/aromatic N) is 2. The maximum Gasteiger partial charge on any atom is 0.301 e. The van der Waals surface area contributed by atoms with Crippen molar-refractivity contribution in [2.45, 2.75) is 13.3 Å². The predicted molar refractivity (Wildman–Crippen MR) is 67.8 cm³/mol. The van der Waals surface area contributed by atoms with E-state index in [1.807, 2.05) is 0 Å². The first-order chi connectivity index (χ1) is 7.97. The molecule has 96 valence electrons. The zero-order valence-corrected chi connectivity index (χ0v) is 10.9. The van der Waals surface area contributed by atoms with E-state index in [4.69, 9.17) is 5.73 Å². The van der Waals surface area contributed by atoms with Gasteiger partial charge in [-0.3, -0.25) is 9.71 Å². The van der Waals surface area contributed by atoms with Crippen molar-refractivity contribution in [1.29, 1.82) is 0 Å². The zero-order valence-electron chi connectivity index (χ0n) is 10.0. The number of hydrogen-bond donors (Lipinski definition) is 2. The van der Waals surface area contributed by atoms with E-state index in [1.165, 1.54) is 11.4 Å². The topological polar surface area (TPSA) is 88.3 Å². The summed E-state index contributed by atoms with van der Waals surface area (Å²) in [6, 6.07) is 1.63. The van der Waals surface area contributed by atoms with Gasteiger partial charge in [0.15, 0.2) is 0 Å². The van der Waals surface area contributed by atoms with Crippen LogP contribution in [0.1, 0.15) is 12.0 Å². The third-order valence-electron chi connectivity index (χ3n) is 2.35. The Morgan fingerprint density at radius 3 is 2.82 bits per heavy atom. The van der Waals surface area contributed by atoms with Gasteiger partial charge in [0.25, 0.3) is 0 Å². The molecule has 1 heterocycles. The first kappa shape index (κ1) is 13.9. The van der Waals surface area contributed by atoms with Crippen LogP contribution < -0.4 is 10.5 Å². The van der Waals surface area contributed by atoms with Gasteiger partial charge in [-0.25, -0.2) is 0 Å². The predicted octanol–water partition coefficient (Wildman–Crippen LogP) is 0.327. The van der Waals surface area contributed by atoms with Gasteiger partial charge in [-0.05, 0) is 31.5 Å². The van der Waals surface area contributed by atoms with E-state index in [9.17, 15) is 8.42 Å². The SMILES string of the molecule is Cc1cnccc1NS(=O)(=O)N(C)CCCN. The first-order valence-electron chi connectivity index (χ1n) is 5.32. The van der Waals surface area contributed by atoms with Crippen molar-refractivity contribution in [3.8, 4) is 0 Å². The van der Waals surface area contributed by atoms with Gasteiger partial charge in [0.2, 0.25) is 0 Å². The fourth-order valence-corrected chi connectivity index (χ4v) is 2.27. The standard InChI is InChI=1S/C10H18N4O2S/c1-9-8-12-6-4-10(9)13-17(15,16)14(2)7-3-5-11/h4,6,8H,3,5,7,11H2,1-2H3,(H,12,13). The van der Waals surface area contributed by atoms with Crippen molar-refractivity contribution in [1.82, 2.24) is 9.29 Å². The molecule has 0 aliphatic rings. The van der Waals surface area contributed by atoms with Gasteiger partial charge in [-0.15, -0.1) is 0 Å². The van der Waals surface area contributed by atoms with Crippen LogP contribution in [0.5, 0.6) is 0 Å². The van der Waals surface area contributed by atoms with Crippen LogP contribution in [0.4, 0.5) is 5.69 Å². The minimum absolute atomic E-state index is 0.399. The molecule has 1 aromatic rings. The average molecular weight is 258 g/mol. The quantitative estimate of drug-likeness (QED) is 0.769. The summed E-state index contributed by atoms with van der Waals surface area (Å²) >= 11 is 0. The molecular formula is C10H18N4O2S. The molecule has 0 amide bonds. The van der Waals surface area contributed by atoms with E-state index < -0.39 is 10.2 Å². The minimum Gasteiger partial charge on any atom is -0.330 e. The molecule has 17 heavy (non-hydrogen) atoms. The summed E-state index contributed by atoms with van der Waals surface area (Å²) in [6.45, 7) is 2.66. The molecule has 0 aromatic carbocycles. The third kappa shape index (κ3) is 3.95. The fraction of sp³-hybridized carbons (Fsp3) is 0.500. The Balaban J connectivity index is 2.76. The Hall–Kier alpha value is -1.18. The molecule has 3 N–H and O–H groups in total. The number of pyridine rings is 1. The van der Waals surface area contributed by atoms with Gasteiger partial charge >= 0.3 is 10.2 Å². The van der Waals surface area contributed by atoms with Crippen molar-refractivity contribution in [2.24, 2.45) is 5.73 Å². The second kappa shape index (κ2) is 5.95. The van der Waals surface area contributed by atoms with Gasteiger partial charge in [-0.1, -0.05) is 0 Å². The van der Waals surface area contributed by atoms with Crippen LogP contribution in [0.2, 0.25) is 0 Å². The fourth-order valence-electron chi connectivity index (χ4n) is 1.24. The van der Waals surface area contributed by atoms with Gasteiger partial charge < -0.3 is 5.73 Å². The Kier molecular flexibility index (Phi) is 4.86. The molecule has 0 atom stereocenters. The molecule has 0 saturated heterocycles. The Morgan fingerprint density at radius 1 is 1.53 bits per heavy atom. The van der Waals surface area contributed by atoms with E-state index in [2.05, 4.69) is 9.71 Å². The van der Waals surface area contributed by atoms with Crippen molar-refractivity contribution < 1.29 is 8.42 Å². The van der Waals surface area contributed by atoms with Crippen LogP contribution >= 0.6 is 0 Å². The van der Waals surface area contributed by atoms with E-state index in [0.717, 1.165) is 5.56 Å². The van der Waals surface area contributed by atoms with Gasteiger partial charge in [0.05, 0.1) is 5.69 Å². The highest BCUT2D eigenvalue weighted by Crippen LogP contribution is 2.14. The lowest BCUT2D eigenvalue weighted by Crippen LogP contribution is -2.34. The number of hydrogen-bond acceptors (Lipinski definition) is 4. The number of anilines is 1. The molecule has 1 aromatic heterocycles. The van der Waals surface area contributed by atoms with Crippen molar-refractivity contribution in [2.75, 3.05) is 24.9 Å². The minimum atomic E-state index is -3.51. The molecule has 0 spiro atoms. The monoisotopic (exact) mass is 258 g/mol. The Morgan fingerprint density at radius 2 is 2.24 bits per heavy atom. The molecule has 0 radical (unpaired) electrons. The summed E-state index contributed by atoms with van der Waals surface area (Å²) in [5.74, 6) is 0. The molecule has 7 heteroatoms. The van der Waals surface area contributed by atoms with E-state index in [1.54, 1.807) is 25.4 Å². The highest BCUT2D eigenvalue weighted by Gasteiger charge is 2.17. The molecule has 0 bridgehead atoms. The number of rotatable bonds is 6. The number of nitrogens with one attached hydrogen (secondary N) is 1. The lowest BCUT2D eigenvalue weighted by atomic mass is 10.3. The number of nitrogens with two attached hydrogens (primary N) is 1. The lowest BCUT2D eigenvalue weighted by Gasteiger charge is -2.18. The van der Waals surface area contributed by atoms with Crippen LogP contribution in [0, 0.1) is 6.92 Å². The van der Waals surface area contributed by atoms with Gasteiger partial charge in [0, 0.05) is 26.0 Å². The molecule has 6 nitrogen and oxygen atoms in total. The van der Waals surface area contributed by atoms with Crippen molar-refractivity contribution >= 4 is 15.9 Å². The van der Waals surface area contributed by atoms with Crippen LogP contribution in [0.3, 0.4) is 0 Å². The summed E-state index contributed by atoms with van der Waals surface area (Å²) in [4.78, 5) is 3.90. The van der Waals surface area contributed by atoms with Crippen molar-refractivity contribution in [3.05, 3.63) is 24.0 Å². The maximum absolute atomic E-state index is 11.9. The third-order valence-corrected chi connectivity index (χ3v) is 3.83. The normalized spacial score (nSPS) is 11.8. The van der Waals surface area contributed by atoms with Crippen LogP contribution in [-0.2, 0) is 10.2 Å². The van der Waals surface area contributed by atoms with Crippen LogP contribution in [-0.4, -0.2) is 37.8 Å². The van der Waals surface area contributed by atoms with Crippen molar-refractivity contribution in [3.63, 3.8) is 0 Å². The molecule has 0 unspecified atom stereocenters. The Labute approximate surface area is 102 Å². The maximum atomic E-state index is 11.9. The van der Waals surface area contributed by atoms with Gasteiger partial charge in [0.1, 0.15) is 0 Å². The second-order valence-electron chi connectivity index (χ2n) is 3.76.